The second-order valence-electron chi connectivity index (χ2n) is 8.46. The van der Waals surface area contributed by atoms with E-state index in [0.717, 1.165) is 24.2 Å². The van der Waals surface area contributed by atoms with Crippen LogP contribution in [0.1, 0.15) is 72.9 Å². The van der Waals surface area contributed by atoms with E-state index < -0.39 is 0 Å². The Hall–Kier alpha value is -2.42. The molecule has 0 atom stereocenters. The van der Waals surface area contributed by atoms with Crippen LogP contribution in [-0.2, 0) is 12.8 Å². The summed E-state index contributed by atoms with van der Waals surface area (Å²) in [5.74, 6) is 1.76. The molecule has 0 aliphatic carbocycles. The summed E-state index contributed by atoms with van der Waals surface area (Å²) >= 11 is 0. The quantitative estimate of drug-likeness (QED) is 0.388. The number of imidazole rings is 1. The highest BCUT2D eigenvalue weighted by Crippen LogP contribution is 2.29. The molecule has 0 aliphatic rings. The fourth-order valence-corrected chi connectivity index (χ4v) is 3.46. The van der Waals surface area contributed by atoms with Crippen LogP contribution < -0.4 is 0 Å². The third-order valence-electron chi connectivity index (χ3n) is 4.44. The van der Waals surface area contributed by atoms with Crippen LogP contribution in [0.25, 0.3) is 17.1 Å². The number of hydrogen-bond acceptors (Lipinski definition) is 1. The zero-order valence-electron chi connectivity index (χ0n) is 20.7. The topological polar surface area (TPSA) is 17.8 Å². The van der Waals surface area contributed by atoms with E-state index in [0.29, 0.717) is 11.8 Å². The van der Waals surface area contributed by atoms with Crippen LogP contribution in [0.15, 0.2) is 54.9 Å². The van der Waals surface area contributed by atoms with Crippen LogP contribution in [0.2, 0.25) is 0 Å². The second kappa shape index (κ2) is 13.8. The molecule has 0 fully saturated rings. The summed E-state index contributed by atoms with van der Waals surface area (Å²) in [6.45, 7) is 17.2. The van der Waals surface area contributed by atoms with Crippen molar-refractivity contribution in [1.29, 1.82) is 0 Å². The first-order valence-electron chi connectivity index (χ1n) is 11.8. The predicted octanol–water partition coefficient (Wildman–Crippen LogP) is 8.52. The van der Waals surface area contributed by atoms with E-state index in [1.54, 1.807) is 12.1 Å². The number of aromatic nitrogens is 2. The summed E-state index contributed by atoms with van der Waals surface area (Å²) < 4.78 is 15.5. The van der Waals surface area contributed by atoms with Crippen molar-refractivity contribution in [2.24, 2.45) is 11.8 Å². The number of benzene rings is 2. The van der Waals surface area contributed by atoms with Crippen molar-refractivity contribution in [3.05, 3.63) is 71.8 Å². The third kappa shape index (κ3) is 7.97. The van der Waals surface area contributed by atoms with Gasteiger partial charge >= 0.3 is 0 Å². The Morgan fingerprint density at radius 3 is 1.77 bits per heavy atom. The molecule has 0 N–H and O–H groups in total. The summed E-state index contributed by atoms with van der Waals surface area (Å²) in [6, 6.07) is 13.2. The molecule has 0 bridgehead atoms. The molecule has 0 radical (unpaired) electrons. The van der Waals surface area contributed by atoms with Crippen LogP contribution in [0, 0.1) is 17.7 Å². The Morgan fingerprint density at radius 1 is 0.839 bits per heavy atom. The predicted molar refractivity (Wildman–Crippen MR) is 133 cm³/mol. The Bertz CT molecular complexity index is 848. The zero-order chi connectivity index (χ0) is 23.4. The minimum atomic E-state index is -0.229. The highest BCUT2D eigenvalue weighted by molar-refractivity contribution is 5.61. The van der Waals surface area contributed by atoms with E-state index in [1.807, 2.05) is 26.2 Å². The Balaban J connectivity index is 0.000000884. The van der Waals surface area contributed by atoms with Crippen molar-refractivity contribution in [3.63, 3.8) is 0 Å². The number of para-hydroxylation sites is 1. The van der Waals surface area contributed by atoms with Gasteiger partial charge in [-0.05, 0) is 60.1 Å². The lowest BCUT2D eigenvalue weighted by Gasteiger charge is -2.20. The van der Waals surface area contributed by atoms with Crippen molar-refractivity contribution in [2.45, 2.75) is 74.7 Å². The van der Waals surface area contributed by atoms with Crippen LogP contribution in [0.4, 0.5) is 4.39 Å². The molecule has 0 aliphatic heterocycles. The summed E-state index contributed by atoms with van der Waals surface area (Å²) in [5.41, 5.74) is 4.82. The van der Waals surface area contributed by atoms with E-state index in [1.165, 1.54) is 35.4 Å². The molecule has 0 unspecified atom stereocenters. The van der Waals surface area contributed by atoms with Crippen LogP contribution >= 0.6 is 0 Å². The molecule has 3 rings (SSSR count). The van der Waals surface area contributed by atoms with Gasteiger partial charge in [0, 0.05) is 18.0 Å². The van der Waals surface area contributed by atoms with Gasteiger partial charge in [0.25, 0.3) is 0 Å². The first-order valence-corrected chi connectivity index (χ1v) is 11.8. The molecule has 3 aromatic rings. The number of rotatable bonds is 6. The van der Waals surface area contributed by atoms with Gasteiger partial charge in [0.1, 0.15) is 11.6 Å². The Morgan fingerprint density at radius 2 is 1.32 bits per heavy atom. The molecule has 0 saturated carbocycles. The molecule has 31 heavy (non-hydrogen) atoms. The first kappa shape index (κ1) is 26.6. The van der Waals surface area contributed by atoms with Crippen molar-refractivity contribution in [2.75, 3.05) is 0 Å². The fraction of sp³-hybridized carbons (Fsp3) is 0.464. The third-order valence-corrected chi connectivity index (χ3v) is 4.44. The largest absolute Gasteiger partial charge is 0.299 e. The normalized spacial score (nSPS) is 10.4. The lowest BCUT2D eigenvalue weighted by molar-refractivity contribution is 0.627. The van der Waals surface area contributed by atoms with E-state index in [4.69, 9.17) is 0 Å². The lowest BCUT2D eigenvalue weighted by atomic mass is 9.94. The molecule has 1 heterocycles. The first-order chi connectivity index (χ1) is 14.9. The van der Waals surface area contributed by atoms with E-state index in [-0.39, 0.29) is 5.82 Å². The van der Waals surface area contributed by atoms with Gasteiger partial charge < -0.3 is 0 Å². The average molecular weight is 425 g/mol. The van der Waals surface area contributed by atoms with Gasteiger partial charge in [-0.3, -0.25) is 4.57 Å². The maximum absolute atomic E-state index is 13.3. The van der Waals surface area contributed by atoms with Gasteiger partial charge in [-0.25, -0.2) is 9.37 Å². The van der Waals surface area contributed by atoms with E-state index >= 15 is 0 Å². The standard InChI is InChI=1S/C23H27FN2.C3H8.C2H6/c1-16(2)14-19-6-5-7-20(15-17(3)4)22(19)26-13-12-25-23(26)18-8-10-21(24)11-9-18;1-3-2;1-2/h5-13,16-17H,14-15H2,1-4H3;3H2,1-2H3;1-2H3. The van der Waals surface area contributed by atoms with Gasteiger partial charge in [-0.15, -0.1) is 0 Å². The smallest absolute Gasteiger partial charge is 0.144 e. The van der Waals surface area contributed by atoms with Crippen molar-refractivity contribution in [1.82, 2.24) is 9.55 Å². The van der Waals surface area contributed by atoms with Gasteiger partial charge in [0.2, 0.25) is 0 Å². The monoisotopic (exact) mass is 424 g/mol. The molecule has 0 amide bonds. The summed E-state index contributed by atoms with van der Waals surface area (Å²) in [5, 5.41) is 0. The summed E-state index contributed by atoms with van der Waals surface area (Å²) in [7, 11) is 0. The van der Waals surface area contributed by atoms with Crippen molar-refractivity contribution in [3.8, 4) is 17.1 Å². The second-order valence-corrected chi connectivity index (χ2v) is 8.46. The lowest BCUT2D eigenvalue weighted by Crippen LogP contribution is -2.09. The minimum Gasteiger partial charge on any atom is -0.299 e. The summed E-state index contributed by atoms with van der Waals surface area (Å²) in [6.07, 6.45) is 7.12. The average Bonchev–Trinajstić information content (AvgIpc) is 3.19. The SMILES string of the molecule is CC.CC(C)Cc1cccc(CC(C)C)c1-n1ccnc1-c1ccc(F)cc1.CCC. The minimum absolute atomic E-state index is 0.229. The molecule has 3 heteroatoms. The molecule has 170 valence electrons. The molecule has 2 aromatic carbocycles. The van der Waals surface area contributed by atoms with Gasteiger partial charge in [0.05, 0.1) is 5.69 Å². The van der Waals surface area contributed by atoms with E-state index in [9.17, 15) is 4.39 Å². The molecule has 0 saturated heterocycles. The van der Waals surface area contributed by atoms with Crippen molar-refractivity contribution >= 4 is 0 Å². The molecular formula is C28H41FN2. The highest BCUT2D eigenvalue weighted by atomic mass is 19.1. The maximum atomic E-state index is 13.3. The number of nitrogens with zero attached hydrogens (tertiary/aromatic N) is 2. The summed E-state index contributed by atoms with van der Waals surface area (Å²) in [4.78, 5) is 4.57. The zero-order valence-corrected chi connectivity index (χ0v) is 20.7. The molecule has 1 aromatic heterocycles. The fourth-order valence-electron chi connectivity index (χ4n) is 3.46. The van der Waals surface area contributed by atoms with Crippen LogP contribution in [0.3, 0.4) is 0 Å². The molecule has 0 spiro atoms. The van der Waals surface area contributed by atoms with Crippen LogP contribution in [-0.4, -0.2) is 9.55 Å². The Labute approximate surface area is 189 Å². The number of hydrogen-bond donors (Lipinski definition) is 0. The molecular weight excluding hydrogens is 383 g/mol. The highest BCUT2D eigenvalue weighted by Gasteiger charge is 2.16. The molecule has 2 nitrogen and oxygen atoms in total. The van der Waals surface area contributed by atoms with Crippen molar-refractivity contribution < 1.29 is 4.39 Å². The van der Waals surface area contributed by atoms with Crippen LogP contribution in [0.5, 0.6) is 0 Å². The van der Waals surface area contributed by atoms with Gasteiger partial charge in [-0.2, -0.15) is 0 Å². The van der Waals surface area contributed by atoms with Gasteiger partial charge in [0.15, 0.2) is 0 Å². The van der Waals surface area contributed by atoms with E-state index in [2.05, 4.69) is 69.3 Å². The number of halogens is 1. The van der Waals surface area contributed by atoms with Gasteiger partial charge in [-0.1, -0.05) is 80.0 Å². The Kier molecular flexibility index (Phi) is 11.8. The maximum Gasteiger partial charge on any atom is 0.144 e.